The number of hydrogen-bond acceptors (Lipinski definition) is 8. The zero-order valence-electron chi connectivity index (χ0n) is 14.3. The van der Waals surface area contributed by atoms with E-state index < -0.39 is 0 Å². The molecule has 2 aromatic heterocycles. The fourth-order valence-corrected chi connectivity index (χ4v) is 2.93. The molecule has 0 radical (unpaired) electrons. The van der Waals surface area contributed by atoms with Crippen molar-refractivity contribution in [2.75, 3.05) is 11.1 Å². The van der Waals surface area contributed by atoms with Gasteiger partial charge in [0.15, 0.2) is 12.4 Å². The second-order valence-corrected chi connectivity index (χ2v) is 6.50. The van der Waals surface area contributed by atoms with E-state index in [0.717, 1.165) is 16.8 Å². The van der Waals surface area contributed by atoms with Gasteiger partial charge in [-0.2, -0.15) is 26.3 Å². The van der Waals surface area contributed by atoms with Crippen molar-refractivity contribution in [1.29, 1.82) is 0 Å². The Morgan fingerprint density at radius 2 is 2.00 bits per heavy atom. The summed E-state index contributed by atoms with van der Waals surface area (Å²) in [4.78, 5) is 24.2. The Labute approximate surface area is 155 Å². The predicted octanol–water partition coefficient (Wildman–Crippen LogP) is 3.24. The van der Waals surface area contributed by atoms with Gasteiger partial charge in [0.2, 0.25) is 11.9 Å². The lowest BCUT2D eigenvalue weighted by molar-refractivity contribution is -0.145. The Bertz CT molecular complexity index is 866. The van der Waals surface area contributed by atoms with Gasteiger partial charge in [0.1, 0.15) is 0 Å². The lowest BCUT2D eigenvalue weighted by Gasteiger charge is -2.08. The average molecular weight is 369 g/mol. The number of esters is 1. The summed E-state index contributed by atoms with van der Waals surface area (Å²) >= 11 is 1.61. The number of carbonyl (C=O) groups is 1. The molecule has 0 aliphatic carbocycles. The summed E-state index contributed by atoms with van der Waals surface area (Å²) in [5.74, 6) is 0.379. The van der Waals surface area contributed by atoms with Crippen LogP contribution in [-0.2, 0) is 22.6 Å². The van der Waals surface area contributed by atoms with E-state index in [2.05, 4.69) is 20.3 Å². The molecule has 2 heterocycles. The van der Waals surface area contributed by atoms with Crippen molar-refractivity contribution in [3.05, 3.63) is 58.0 Å². The van der Waals surface area contributed by atoms with Gasteiger partial charge < -0.3 is 15.8 Å². The monoisotopic (exact) mass is 369 g/mol. The fraction of sp³-hybridized carbons (Fsp3) is 0.222. The first-order chi connectivity index (χ1) is 12.6. The van der Waals surface area contributed by atoms with Crippen molar-refractivity contribution >= 4 is 34.9 Å². The first kappa shape index (κ1) is 17.8. The molecule has 134 valence electrons. The van der Waals surface area contributed by atoms with Crippen LogP contribution in [-0.4, -0.2) is 20.9 Å². The largest absolute Gasteiger partial charge is 0.457 e. The number of hydrogen-bond donors (Lipinski definition) is 2. The number of aryl methyl sites for hydroxylation is 2. The van der Waals surface area contributed by atoms with Crippen LogP contribution in [0.15, 0.2) is 41.1 Å². The minimum Gasteiger partial charge on any atom is -0.457 e. The maximum Gasteiger partial charge on any atom is 0.306 e. The van der Waals surface area contributed by atoms with Gasteiger partial charge in [0.05, 0.1) is 0 Å². The van der Waals surface area contributed by atoms with E-state index in [1.165, 1.54) is 0 Å². The van der Waals surface area contributed by atoms with Gasteiger partial charge in [-0.3, -0.25) is 4.79 Å². The van der Waals surface area contributed by atoms with Gasteiger partial charge >= 0.3 is 5.97 Å². The van der Waals surface area contributed by atoms with Crippen LogP contribution in [0, 0.1) is 6.92 Å². The molecule has 3 aromatic rings. The third-order valence-electron chi connectivity index (χ3n) is 3.57. The Kier molecular flexibility index (Phi) is 5.75. The number of thiophene rings is 1. The van der Waals surface area contributed by atoms with Crippen LogP contribution < -0.4 is 11.1 Å². The summed E-state index contributed by atoms with van der Waals surface area (Å²) in [5, 5.41) is 7.06. The van der Waals surface area contributed by atoms with E-state index in [4.69, 9.17) is 10.5 Å². The first-order valence-corrected chi connectivity index (χ1v) is 9.03. The second-order valence-electron chi connectivity index (χ2n) is 5.72. The first-order valence-electron chi connectivity index (χ1n) is 8.09. The van der Waals surface area contributed by atoms with Gasteiger partial charge in [-0.1, -0.05) is 17.7 Å². The molecule has 0 saturated carbocycles. The molecule has 3 rings (SSSR count). The Morgan fingerprint density at radius 1 is 1.19 bits per heavy atom. The highest BCUT2D eigenvalue weighted by Crippen LogP contribution is 2.15. The Hall–Kier alpha value is -3.00. The normalized spacial score (nSPS) is 10.5. The van der Waals surface area contributed by atoms with Gasteiger partial charge in [-0.25, -0.2) is 0 Å². The highest BCUT2D eigenvalue weighted by molar-refractivity contribution is 7.07. The van der Waals surface area contributed by atoms with Crippen LogP contribution in [0.4, 0.5) is 17.6 Å². The maximum absolute atomic E-state index is 11.9. The van der Waals surface area contributed by atoms with E-state index in [1.54, 1.807) is 11.3 Å². The van der Waals surface area contributed by atoms with E-state index in [0.29, 0.717) is 24.6 Å². The number of aromatic nitrogens is 3. The highest BCUT2D eigenvalue weighted by Gasteiger charge is 2.09. The van der Waals surface area contributed by atoms with Crippen LogP contribution >= 0.6 is 11.3 Å². The molecule has 1 aromatic carbocycles. The number of anilines is 3. The van der Waals surface area contributed by atoms with Crippen molar-refractivity contribution < 1.29 is 9.53 Å². The number of benzene rings is 1. The van der Waals surface area contributed by atoms with Crippen molar-refractivity contribution in [1.82, 2.24) is 15.0 Å². The van der Waals surface area contributed by atoms with Crippen molar-refractivity contribution in [3.63, 3.8) is 0 Å². The smallest absolute Gasteiger partial charge is 0.306 e. The molecule has 0 unspecified atom stereocenters. The molecule has 26 heavy (non-hydrogen) atoms. The summed E-state index contributed by atoms with van der Waals surface area (Å²) < 4.78 is 5.23. The summed E-state index contributed by atoms with van der Waals surface area (Å²) in [6.07, 6.45) is 0.966. The lowest BCUT2D eigenvalue weighted by atomic mass is 10.2. The quantitative estimate of drug-likeness (QED) is 0.616. The predicted molar refractivity (Wildman–Crippen MR) is 101 cm³/mol. The molecule has 0 aliphatic rings. The molecular formula is C18H19N5O2S. The van der Waals surface area contributed by atoms with E-state index in [1.807, 2.05) is 48.0 Å². The third-order valence-corrected chi connectivity index (χ3v) is 4.30. The average Bonchev–Trinajstić information content (AvgIpc) is 3.13. The third kappa shape index (κ3) is 5.25. The summed E-state index contributed by atoms with van der Waals surface area (Å²) in [5.41, 5.74) is 8.84. The summed E-state index contributed by atoms with van der Waals surface area (Å²) in [7, 11) is 0. The number of nitrogens with one attached hydrogen (secondary N) is 1. The second kappa shape index (κ2) is 8.39. The van der Waals surface area contributed by atoms with Crippen LogP contribution in [0.2, 0.25) is 0 Å². The van der Waals surface area contributed by atoms with Gasteiger partial charge in [-0.15, -0.1) is 0 Å². The Morgan fingerprint density at radius 3 is 2.73 bits per heavy atom. The van der Waals surface area contributed by atoms with E-state index in [9.17, 15) is 4.79 Å². The maximum atomic E-state index is 11.9. The molecule has 0 spiro atoms. The van der Waals surface area contributed by atoms with Crippen molar-refractivity contribution in [2.24, 2.45) is 0 Å². The number of rotatable bonds is 7. The molecule has 0 atom stereocenters. The molecule has 8 heteroatoms. The zero-order valence-corrected chi connectivity index (χ0v) is 15.1. The molecular weight excluding hydrogens is 350 g/mol. The molecule has 0 bridgehead atoms. The topological polar surface area (TPSA) is 103 Å². The van der Waals surface area contributed by atoms with Crippen LogP contribution in [0.3, 0.4) is 0 Å². The van der Waals surface area contributed by atoms with E-state index in [-0.39, 0.29) is 18.5 Å². The SMILES string of the molecule is Cc1ccc(Nc2nc(N)nc(COC(=O)CCc3ccsc3)n2)cc1. The van der Waals surface area contributed by atoms with E-state index >= 15 is 0 Å². The minimum absolute atomic E-state index is 0.0439. The molecule has 7 nitrogen and oxygen atoms in total. The van der Waals surface area contributed by atoms with Crippen LogP contribution in [0.25, 0.3) is 0 Å². The van der Waals surface area contributed by atoms with Crippen molar-refractivity contribution in [3.8, 4) is 0 Å². The number of carbonyl (C=O) groups excluding carboxylic acids is 1. The lowest BCUT2D eigenvalue weighted by Crippen LogP contribution is -2.11. The summed E-state index contributed by atoms with van der Waals surface area (Å²) in [6, 6.07) is 9.78. The molecule has 0 saturated heterocycles. The molecule has 0 fully saturated rings. The zero-order chi connectivity index (χ0) is 18.4. The number of nitrogen functional groups attached to an aromatic ring is 1. The molecule has 3 N–H and O–H groups in total. The standard InChI is InChI=1S/C18H19N5O2S/c1-12-2-5-14(6-3-12)20-18-22-15(21-17(19)23-18)10-25-16(24)7-4-13-8-9-26-11-13/h2-3,5-6,8-9,11H,4,7,10H2,1H3,(H3,19,20,21,22,23). The summed E-state index contributed by atoms with van der Waals surface area (Å²) in [6.45, 7) is 1.97. The fourth-order valence-electron chi connectivity index (χ4n) is 2.22. The molecule has 0 amide bonds. The van der Waals surface area contributed by atoms with Gasteiger partial charge in [0.25, 0.3) is 0 Å². The van der Waals surface area contributed by atoms with Crippen molar-refractivity contribution in [2.45, 2.75) is 26.4 Å². The van der Waals surface area contributed by atoms with Gasteiger partial charge in [-0.05, 0) is 47.9 Å². The number of ether oxygens (including phenoxy) is 1. The van der Waals surface area contributed by atoms with Crippen LogP contribution in [0.5, 0.6) is 0 Å². The van der Waals surface area contributed by atoms with Gasteiger partial charge in [0, 0.05) is 12.1 Å². The number of nitrogens with two attached hydrogens (primary N) is 1. The number of nitrogens with zero attached hydrogens (tertiary/aromatic N) is 3. The minimum atomic E-state index is -0.303. The Balaban J connectivity index is 1.56. The molecule has 0 aliphatic heterocycles. The van der Waals surface area contributed by atoms with Crippen LogP contribution in [0.1, 0.15) is 23.4 Å². The highest BCUT2D eigenvalue weighted by atomic mass is 32.1.